The number of amides is 1. The number of hydrogen-bond donors (Lipinski definition) is 2. The molecule has 3 N–H and O–H groups in total. The first-order chi connectivity index (χ1) is 10.2. The van der Waals surface area contributed by atoms with Crippen molar-refractivity contribution in [3.63, 3.8) is 0 Å². The average molecular weight is 415 g/mol. The Balaban J connectivity index is 0.00000132. The van der Waals surface area contributed by atoms with Crippen LogP contribution in [0.3, 0.4) is 0 Å². The van der Waals surface area contributed by atoms with E-state index in [2.05, 4.69) is 10.3 Å². The van der Waals surface area contributed by atoms with Crippen molar-refractivity contribution in [1.29, 1.82) is 0 Å². The van der Waals surface area contributed by atoms with Crippen LogP contribution in [0.4, 0.5) is 0 Å². The first-order valence-corrected chi connectivity index (χ1v) is 8.92. The molecule has 1 saturated carbocycles. The summed E-state index contributed by atoms with van der Waals surface area (Å²) in [5, 5.41) is 5.85. The molecule has 2 aromatic heterocycles. The van der Waals surface area contributed by atoms with Gasteiger partial charge in [0.1, 0.15) is 5.01 Å². The summed E-state index contributed by atoms with van der Waals surface area (Å²) < 4.78 is 0.745. The molecule has 4 nitrogen and oxygen atoms in total. The summed E-state index contributed by atoms with van der Waals surface area (Å²) in [6.07, 6.45) is 2.64. The fourth-order valence-corrected chi connectivity index (χ4v) is 4.16. The summed E-state index contributed by atoms with van der Waals surface area (Å²) >= 11 is 8.96. The molecule has 1 atom stereocenters. The minimum Gasteiger partial charge on any atom is -0.351 e. The van der Waals surface area contributed by atoms with Crippen molar-refractivity contribution < 1.29 is 4.79 Å². The lowest BCUT2D eigenvalue weighted by atomic mass is 10.2. The first kappa shape index (κ1) is 20.7. The zero-order valence-corrected chi connectivity index (χ0v) is 16.2. The highest BCUT2D eigenvalue weighted by Gasteiger charge is 2.31. The second-order valence-corrected chi connectivity index (χ2v) is 7.74. The summed E-state index contributed by atoms with van der Waals surface area (Å²) in [6, 6.07) is 3.93. The number of nitrogens with two attached hydrogens (primary N) is 1. The summed E-state index contributed by atoms with van der Waals surface area (Å²) in [5.74, 6) is 0.566. The molecule has 0 aromatic carbocycles. The van der Waals surface area contributed by atoms with Crippen LogP contribution in [0.1, 0.15) is 18.5 Å². The maximum Gasteiger partial charge on any atom is 0.226 e. The van der Waals surface area contributed by atoms with Crippen LogP contribution in [-0.4, -0.2) is 23.5 Å². The third-order valence-corrected chi connectivity index (χ3v) is 5.76. The highest BCUT2D eigenvalue weighted by Crippen LogP contribution is 2.33. The fourth-order valence-electron chi connectivity index (χ4n) is 2.22. The minimum atomic E-state index is -0.00147. The molecule has 0 aliphatic heterocycles. The number of thiophene rings is 1. The number of nitrogens with one attached hydrogen (secondary N) is 1. The Morgan fingerprint density at radius 1 is 1.43 bits per heavy atom. The second kappa shape index (κ2) is 9.20. The smallest absolute Gasteiger partial charge is 0.226 e. The third kappa shape index (κ3) is 5.59. The van der Waals surface area contributed by atoms with Crippen molar-refractivity contribution in [2.75, 3.05) is 6.54 Å². The van der Waals surface area contributed by atoms with E-state index in [0.29, 0.717) is 18.9 Å². The van der Waals surface area contributed by atoms with Crippen LogP contribution < -0.4 is 11.1 Å². The monoisotopic (exact) mass is 413 g/mol. The SMILES string of the molecule is Cl.Cl.NCC(NC(=O)Cc1csc(-c2ccc(Cl)s2)n1)C1CC1. The van der Waals surface area contributed by atoms with Gasteiger partial charge < -0.3 is 11.1 Å². The molecule has 1 unspecified atom stereocenters. The maximum absolute atomic E-state index is 12.0. The quantitative estimate of drug-likeness (QED) is 0.756. The molecule has 2 aromatic rings. The zero-order chi connectivity index (χ0) is 14.8. The van der Waals surface area contributed by atoms with Crippen LogP contribution in [0.25, 0.3) is 9.88 Å². The van der Waals surface area contributed by atoms with E-state index in [1.807, 2.05) is 17.5 Å². The molecule has 3 rings (SSSR count). The van der Waals surface area contributed by atoms with Gasteiger partial charge in [0.05, 0.1) is 21.3 Å². The molecule has 2 heterocycles. The number of nitrogens with zero attached hydrogens (tertiary/aromatic N) is 1. The van der Waals surface area contributed by atoms with E-state index in [0.717, 1.165) is 19.9 Å². The van der Waals surface area contributed by atoms with Crippen molar-refractivity contribution >= 4 is 65.0 Å². The Kier molecular flexibility index (Phi) is 8.27. The molecule has 128 valence electrons. The van der Waals surface area contributed by atoms with E-state index in [4.69, 9.17) is 17.3 Å². The number of aromatic nitrogens is 1. The predicted molar refractivity (Wildman–Crippen MR) is 102 cm³/mol. The average Bonchev–Trinajstić information content (AvgIpc) is 3.05. The normalized spacial score (nSPS) is 14.5. The van der Waals surface area contributed by atoms with E-state index in [9.17, 15) is 4.79 Å². The van der Waals surface area contributed by atoms with Crippen LogP contribution in [0, 0.1) is 5.92 Å². The van der Waals surface area contributed by atoms with Gasteiger partial charge in [0, 0.05) is 18.0 Å². The molecular weight excluding hydrogens is 397 g/mol. The van der Waals surface area contributed by atoms with Crippen molar-refractivity contribution in [3.8, 4) is 9.88 Å². The number of rotatable bonds is 6. The van der Waals surface area contributed by atoms with Crippen molar-refractivity contribution in [1.82, 2.24) is 10.3 Å². The van der Waals surface area contributed by atoms with E-state index < -0.39 is 0 Å². The van der Waals surface area contributed by atoms with Crippen molar-refractivity contribution in [3.05, 3.63) is 27.5 Å². The van der Waals surface area contributed by atoms with Crippen LogP contribution >= 0.6 is 59.1 Å². The van der Waals surface area contributed by atoms with Gasteiger partial charge in [-0.2, -0.15) is 0 Å². The highest BCUT2D eigenvalue weighted by molar-refractivity contribution is 7.23. The number of carbonyl (C=O) groups excluding carboxylic acids is 1. The highest BCUT2D eigenvalue weighted by atomic mass is 35.5. The molecule has 0 saturated heterocycles. The standard InChI is InChI=1S/C14H16ClN3OS2.2ClH/c15-12-4-3-11(21-12)14-17-9(7-20-14)5-13(19)18-10(6-16)8-1-2-8;;/h3-4,7-8,10H,1-2,5-6,16H2,(H,18,19);2*1H. The number of halogens is 3. The topological polar surface area (TPSA) is 68.0 Å². The molecule has 1 aliphatic rings. The van der Waals surface area contributed by atoms with Gasteiger partial charge >= 0.3 is 0 Å². The van der Waals surface area contributed by atoms with E-state index in [-0.39, 0.29) is 36.8 Å². The Hall–Kier alpha value is -0.370. The Bertz CT molecular complexity index is 643. The van der Waals surface area contributed by atoms with E-state index >= 15 is 0 Å². The van der Waals surface area contributed by atoms with Gasteiger partial charge in [-0.05, 0) is 30.9 Å². The lowest BCUT2D eigenvalue weighted by Gasteiger charge is -2.15. The van der Waals surface area contributed by atoms with Gasteiger partial charge in [0.25, 0.3) is 0 Å². The molecule has 1 amide bonds. The van der Waals surface area contributed by atoms with Crippen LogP contribution in [0.5, 0.6) is 0 Å². The zero-order valence-electron chi connectivity index (χ0n) is 12.2. The Morgan fingerprint density at radius 2 is 2.17 bits per heavy atom. The number of carbonyl (C=O) groups is 1. The third-order valence-electron chi connectivity index (χ3n) is 3.47. The van der Waals surface area contributed by atoms with Gasteiger partial charge in [-0.25, -0.2) is 4.98 Å². The predicted octanol–water partition coefficient (Wildman–Crippen LogP) is 3.76. The Labute approximate surface area is 160 Å². The van der Waals surface area contributed by atoms with Gasteiger partial charge in [-0.1, -0.05) is 11.6 Å². The van der Waals surface area contributed by atoms with E-state index in [1.54, 1.807) is 0 Å². The largest absolute Gasteiger partial charge is 0.351 e. The minimum absolute atomic E-state index is 0. The van der Waals surface area contributed by atoms with Crippen LogP contribution in [-0.2, 0) is 11.2 Å². The lowest BCUT2D eigenvalue weighted by molar-refractivity contribution is -0.121. The molecule has 0 radical (unpaired) electrons. The summed E-state index contributed by atoms with van der Waals surface area (Å²) in [6.45, 7) is 0.506. The number of hydrogen-bond acceptors (Lipinski definition) is 5. The molecule has 0 spiro atoms. The summed E-state index contributed by atoms with van der Waals surface area (Å²) in [4.78, 5) is 17.6. The van der Waals surface area contributed by atoms with Gasteiger partial charge in [-0.15, -0.1) is 47.5 Å². The molecule has 0 bridgehead atoms. The van der Waals surface area contributed by atoms with Gasteiger partial charge in [0.15, 0.2) is 0 Å². The molecule has 1 aliphatic carbocycles. The molecule has 23 heavy (non-hydrogen) atoms. The van der Waals surface area contributed by atoms with Crippen LogP contribution in [0.15, 0.2) is 17.5 Å². The molecule has 1 fully saturated rings. The fraction of sp³-hybridized carbons (Fsp3) is 0.429. The van der Waals surface area contributed by atoms with Gasteiger partial charge in [-0.3, -0.25) is 4.79 Å². The number of thiazole rings is 1. The maximum atomic E-state index is 12.0. The van der Waals surface area contributed by atoms with Crippen LogP contribution in [0.2, 0.25) is 4.34 Å². The summed E-state index contributed by atoms with van der Waals surface area (Å²) in [5.41, 5.74) is 6.49. The second-order valence-electron chi connectivity index (χ2n) is 5.17. The lowest BCUT2D eigenvalue weighted by Crippen LogP contribution is -2.42. The van der Waals surface area contributed by atoms with Crippen molar-refractivity contribution in [2.45, 2.75) is 25.3 Å². The van der Waals surface area contributed by atoms with Crippen molar-refractivity contribution in [2.24, 2.45) is 11.7 Å². The molecule has 9 heteroatoms. The van der Waals surface area contributed by atoms with Gasteiger partial charge in [0.2, 0.25) is 5.91 Å². The summed E-state index contributed by atoms with van der Waals surface area (Å²) in [7, 11) is 0. The first-order valence-electron chi connectivity index (χ1n) is 6.85. The Morgan fingerprint density at radius 3 is 2.74 bits per heavy atom. The van der Waals surface area contributed by atoms with E-state index in [1.165, 1.54) is 35.5 Å². The molecular formula is C14H18Cl3N3OS2.